The molecule has 1 heterocycles. The van der Waals surface area contributed by atoms with E-state index in [1.54, 1.807) is 0 Å². The van der Waals surface area contributed by atoms with E-state index in [-0.39, 0.29) is 5.41 Å². The first-order chi connectivity index (χ1) is 28.3. The lowest BCUT2D eigenvalue weighted by molar-refractivity contribution is 0.327. The number of benzene rings is 8. The van der Waals surface area contributed by atoms with E-state index in [0.717, 1.165) is 39.2 Å². The Hall–Kier alpha value is -6.64. The summed E-state index contributed by atoms with van der Waals surface area (Å²) in [5.74, 6) is 1.48. The van der Waals surface area contributed by atoms with Gasteiger partial charge in [-0.15, -0.1) is 0 Å². The SMILES string of the molecule is c1ccc(-c2ccccc2-c2ccccc2-c2ccccc2N(c2cccc3c2-c2ccccc2C32CC3CCC2C3)c2cccc3oc4ccccc4c23)cc1. The van der Waals surface area contributed by atoms with Gasteiger partial charge in [-0.2, -0.15) is 0 Å². The molecule has 2 saturated carbocycles. The first-order valence-corrected chi connectivity index (χ1v) is 20.5. The van der Waals surface area contributed by atoms with Crippen molar-refractivity contribution in [2.75, 3.05) is 4.90 Å². The largest absolute Gasteiger partial charge is 0.456 e. The number of rotatable bonds is 6. The first kappa shape index (κ1) is 32.6. The van der Waals surface area contributed by atoms with Crippen molar-refractivity contribution in [1.29, 1.82) is 0 Å². The molecule has 9 aromatic rings. The molecule has 2 nitrogen and oxygen atoms in total. The lowest BCUT2D eigenvalue weighted by atomic mass is 9.67. The van der Waals surface area contributed by atoms with Crippen molar-refractivity contribution in [3.05, 3.63) is 199 Å². The number of anilines is 3. The fraction of sp³-hybridized carbons (Fsp3) is 0.127. The van der Waals surface area contributed by atoms with Crippen LogP contribution in [0.4, 0.5) is 17.1 Å². The predicted octanol–water partition coefficient (Wildman–Crippen LogP) is 15.1. The van der Waals surface area contributed by atoms with Gasteiger partial charge in [0, 0.05) is 21.9 Å². The molecule has 3 unspecified atom stereocenters. The lowest BCUT2D eigenvalue weighted by Crippen LogP contribution is -2.31. The number of hydrogen-bond donors (Lipinski definition) is 0. The standard InChI is InChI=1S/C55H41NO/c1-2-16-37(17-3-1)39-18-4-5-19-40(39)41-20-6-7-21-42(41)43-22-9-12-27-48(43)56(50-29-15-31-52-54(50)45-24-10-13-30-51(45)57-52)49-28-14-26-47-53(49)44-23-8-11-25-46(44)55(47)35-36-32-33-38(55)34-36/h1-31,36,38H,32-35H2. The van der Waals surface area contributed by atoms with Crippen LogP contribution in [0.15, 0.2) is 192 Å². The molecule has 3 atom stereocenters. The minimum absolute atomic E-state index is 0.0676. The van der Waals surface area contributed by atoms with Gasteiger partial charge in [0.15, 0.2) is 0 Å². The second kappa shape index (κ2) is 12.7. The van der Waals surface area contributed by atoms with Crippen molar-refractivity contribution in [3.63, 3.8) is 0 Å². The predicted molar refractivity (Wildman–Crippen MR) is 236 cm³/mol. The maximum Gasteiger partial charge on any atom is 0.137 e. The Morgan fingerprint density at radius 3 is 1.81 bits per heavy atom. The van der Waals surface area contributed by atoms with E-state index in [1.807, 2.05) is 0 Å². The molecule has 2 bridgehead atoms. The third kappa shape index (κ3) is 4.77. The van der Waals surface area contributed by atoms with Crippen molar-refractivity contribution < 1.29 is 4.42 Å². The molecule has 1 aromatic heterocycles. The summed E-state index contributed by atoms with van der Waals surface area (Å²) in [7, 11) is 0. The summed E-state index contributed by atoms with van der Waals surface area (Å²) < 4.78 is 6.59. The van der Waals surface area contributed by atoms with Crippen molar-refractivity contribution in [2.24, 2.45) is 11.8 Å². The number of para-hydroxylation sites is 2. The van der Waals surface area contributed by atoms with Crippen molar-refractivity contribution in [3.8, 4) is 44.5 Å². The lowest BCUT2D eigenvalue weighted by Gasteiger charge is -2.37. The molecule has 3 aliphatic carbocycles. The van der Waals surface area contributed by atoms with Gasteiger partial charge in [0.05, 0.1) is 22.4 Å². The molecule has 2 fully saturated rings. The van der Waals surface area contributed by atoms with Gasteiger partial charge in [0.25, 0.3) is 0 Å². The maximum absolute atomic E-state index is 6.59. The monoisotopic (exact) mass is 731 g/mol. The van der Waals surface area contributed by atoms with E-state index in [1.165, 1.54) is 87.0 Å². The van der Waals surface area contributed by atoms with Gasteiger partial charge in [-0.1, -0.05) is 164 Å². The highest BCUT2D eigenvalue weighted by Crippen LogP contribution is 2.67. The average molecular weight is 732 g/mol. The third-order valence-electron chi connectivity index (χ3n) is 13.6. The zero-order chi connectivity index (χ0) is 37.5. The van der Waals surface area contributed by atoms with Gasteiger partial charge >= 0.3 is 0 Å². The zero-order valence-electron chi connectivity index (χ0n) is 31.7. The Balaban J connectivity index is 1.15. The Morgan fingerprint density at radius 2 is 1.02 bits per heavy atom. The van der Waals surface area contributed by atoms with E-state index < -0.39 is 0 Å². The van der Waals surface area contributed by atoms with Gasteiger partial charge in [0.1, 0.15) is 11.2 Å². The van der Waals surface area contributed by atoms with Crippen LogP contribution in [0, 0.1) is 11.8 Å². The Kier molecular flexibility index (Phi) is 7.26. The van der Waals surface area contributed by atoms with Crippen LogP contribution in [-0.2, 0) is 5.41 Å². The van der Waals surface area contributed by atoms with Crippen LogP contribution in [0.25, 0.3) is 66.4 Å². The molecule has 0 saturated heterocycles. The first-order valence-electron chi connectivity index (χ1n) is 20.5. The maximum atomic E-state index is 6.59. The van der Waals surface area contributed by atoms with Gasteiger partial charge < -0.3 is 9.32 Å². The molecule has 0 aliphatic heterocycles. The van der Waals surface area contributed by atoms with Gasteiger partial charge in [-0.05, 0) is 106 Å². The summed E-state index contributed by atoms with van der Waals surface area (Å²) in [6.45, 7) is 0. The number of furan rings is 1. The van der Waals surface area contributed by atoms with Crippen LogP contribution >= 0.6 is 0 Å². The smallest absolute Gasteiger partial charge is 0.137 e. The Bertz CT molecular complexity index is 3010. The molecule has 8 aromatic carbocycles. The fourth-order valence-corrected chi connectivity index (χ4v) is 11.4. The van der Waals surface area contributed by atoms with Crippen LogP contribution in [-0.4, -0.2) is 0 Å². The molecule has 2 heteroatoms. The number of hydrogen-bond acceptors (Lipinski definition) is 2. The summed E-state index contributed by atoms with van der Waals surface area (Å²) in [5, 5.41) is 2.25. The quantitative estimate of drug-likeness (QED) is 0.169. The van der Waals surface area contributed by atoms with Crippen LogP contribution in [0.5, 0.6) is 0 Å². The molecule has 0 N–H and O–H groups in total. The van der Waals surface area contributed by atoms with Crippen molar-refractivity contribution in [1.82, 2.24) is 0 Å². The van der Waals surface area contributed by atoms with Gasteiger partial charge in [-0.3, -0.25) is 0 Å². The number of fused-ring (bicyclic) bond motifs is 11. The molecule has 0 radical (unpaired) electrons. The second-order valence-corrected chi connectivity index (χ2v) is 16.4. The van der Waals surface area contributed by atoms with Crippen molar-refractivity contribution >= 4 is 39.0 Å². The molecule has 0 amide bonds. The molecule has 1 spiro atoms. The van der Waals surface area contributed by atoms with Crippen LogP contribution in [0.2, 0.25) is 0 Å². The van der Waals surface area contributed by atoms with Gasteiger partial charge in [0.2, 0.25) is 0 Å². The normalized spacial score (nSPS) is 19.0. The van der Waals surface area contributed by atoms with Crippen LogP contribution in [0.1, 0.15) is 36.8 Å². The summed E-state index contributed by atoms with van der Waals surface area (Å²) >= 11 is 0. The molecule has 12 rings (SSSR count). The van der Waals surface area contributed by atoms with E-state index in [2.05, 4.69) is 193 Å². The molecular weight excluding hydrogens is 691 g/mol. The molecule has 57 heavy (non-hydrogen) atoms. The molecule has 272 valence electrons. The van der Waals surface area contributed by atoms with Crippen LogP contribution < -0.4 is 4.90 Å². The van der Waals surface area contributed by atoms with E-state index in [4.69, 9.17) is 4.42 Å². The minimum Gasteiger partial charge on any atom is -0.456 e. The fourth-order valence-electron chi connectivity index (χ4n) is 11.4. The Morgan fingerprint density at radius 1 is 0.439 bits per heavy atom. The summed E-state index contributed by atoms with van der Waals surface area (Å²) in [6.07, 6.45) is 5.27. The minimum atomic E-state index is 0.0676. The van der Waals surface area contributed by atoms with E-state index in [9.17, 15) is 0 Å². The zero-order valence-corrected chi connectivity index (χ0v) is 31.7. The van der Waals surface area contributed by atoms with E-state index >= 15 is 0 Å². The highest BCUT2D eigenvalue weighted by atomic mass is 16.3. The summed E-state index contributed by atoms with van der Waals surface area (Å²) in [5.41, 5.74) is 18.4. The molecule has 3 aliphatic rings. The van der Waals surface area contributed by atoms with Crippen molar-refractivity contribution in [2.45, 2.75) is 31.1 Å². The van der Waals surface area contributed by atoms with E-state index in [0.29, 0.717) is 5.92 Å². The summed E-state index contributed by atoms with van der Waals surface area (Å²) in [6, 6.07) is 69.2. The number of nitrogens with zero attached hydrogens (tertiary/aromatic N) is 1. The van der Waals surface area contributed by atoms with Gasteiger partial charge in [-0.25, -0.2) is 0 Å². The topological polar surface area (TPSA) is 16.4 Å². The molecular formula is C55H41NO. The highest BCUT2D eigenvalue weighted by molar-refractivity contribution is 6.15. The highest BCUT2D eigenvalue weighted by Gasteiger charge is 2.57. The average Bonchev–Trinajstić information content (AvgIpc) is 4.06. The summed E-state index contributed by atoms with van der Waals surface area (Å²) in [4.78, 5) is 2.57. The second-order valence-electron chi connectivity index (χ2n) is 16.4. The Labute approximate surface area is 333 Å². The third-order valence-corrected chi connectivity index (χ3v) is 13.6. The van der Waals surface area contributed by atoms with Crippen LogP contribution in [0.3, 0.4) is 0 Å².